The van der Waals surface area contributed by atoms with Gasteiger partial charge in [0, 0.05) is 49.4 Å². The van der Waals surface area contributed by atoms with Crippen molar-refractivity contribution in [2.45, 2.75) is 46.1 Å². The highest BCUT2D eigenvalue weighted by Crippen LogP contribution is 2.15. The zero-order valence-electron chi connectivity index (χ0n) is 17.9. The van der Waals surface area contributed by atoms with Gasteiger partial charge in [0.25, 0.3) is 0 Å². The van der Waals surface area contributed by atoms with E-state index in [-0.39, 0.29) is 6.03 Å². The van der Waals surface area contributed by atoms with Crippen LogP contribution in [0.2, 0.25) is 0 Å². The molecule has 0 bridgehead atoms. The number of benzene rings is 1. The molecule has 2 heterocycles. The van der Waals surface area contributed by atoms with Crippen molar-refractivity contribution in [3.63, 3.8) is 0 Å². The number of carbonyl (C=O) groups is 1. The molecule has 3 N–H and O–H groups in total. The van der Waals surface area contributed by atoms with Crippen molar-refractivity contribution in [1.29, 1.82) is 0 Å². The van der Waals surface area contributed by atoms with Crippen LogP contribution in [0.3, 0.4) is 0 Å². The predicted octanol–water partition coefficient (Wildman–Crippen LogP) is 3.63. The zero-order valence-corrected chi connectivity index (χ0v) is 18.7. The van der Waals surface area contributed by atoms with Gasteiger partial charge in [0.05, 0.1) is 11.6 Å². The summed E-state index contributed by atoms with van der Waals surface area (Å²) < 4.78 is 0. The first-order valence-electron chi connectivity index (χ1n) is 10.8. The number of hydrogen-bond acceptors (Lipinski definition) is 4. The van der Waals surface area contributed by atoms with Gasteiger partial charge in [-0.1, -0.05) is 19.1 Å². The van der Waals surface area contributed by atoms with Gasteiger partial charge in [0.2, 0.25) is 0 Å². The lowest BCUT2D eigenvalue weighted by Gasteiger charge is -2.16. The number of rotatable bonds is 8. The minimum absolute atomic E-state index is 0.0171. The standard InChI is InChI=1S/C22H32N6OS/c1-3-19-16-25-20(30-19)10-11-24-21(23-4-2)26-15-17-8-7-9-18(14-17)27-22(29)28-12-5-6-13-28/h7-9,14,16H,3-6,10-13,15H2,1-2H3,(H,27,29)(H2,23,24,26). The topological polar surface area (TPSA) is 81.7 Å². The molecule has 3 rings (SSSR count). The first-order chi connectivity index (χ1) is 14.7. The van der Waals surface area contributed by atoms with E-state index in [4.69, 9.17) is 0 Å². The van der Waals surface area contributed by atoms with Gasteiger partial charge in [0.1, 0.15) is 0 Å². The number of hydrogen-bond donors (Lipinski definition) is 3. The number of aromatic nitrogens is 1. The van der Waals surface area contributed by atoms with Crippen LogP contribution in [0.5, 0.6) is 0 Å². The average Bonchev–Trinajstić information content (AvgIpc) is 3.44. The van der Waals surface area contributed by atoms with Crippen LogP contribution in [0, 0.1) is 0 Å². The van der Waals surface area contributed by atoms with E-state index in [1.54, 1.807) is 11.3 Å². The summed E-state index contributed by atoms with van der Waals surface area (Å²) in [6.45, 7) is 8.02. The third-order valence-electron chi connectivity index (χ3n) is 4.92. The lowest BCUT2D eigenvalue weighted by Crippen LogP contribution is -2.38. The summed E-state index contributed by atoms with van der Waals surface area (Å²) in [5, 5.41) is 10.8. The molecule has 0 atom stereocenters. The summed E-state index contributed by atoms with van der Waals surface area (Å²) in [5.74, 6) is 0.788. The number of urea groups is 1. The predicted molar refractivity (Wildman–Crippen MR) is 124 cm³/mol. The number of anilines is 1. The molecule has 1 saturated heterocycles. The van der Waals surface area contributed by atoms with Gasteiger partial charge < -0.3 is 20.9 Å². The zero-order chi connectivity index (χ0) is 21.2. The smallest absolute Gasteiger partial charge is 0.321 e. The number of nitrogens with zero attached hydrogens (tertiary/aromatic N) is 3. The summed E-state index contributed by atoms with van der Waals surface area (Å²) in [5.41, 5.74) is 1.87. The third kappa shape index (κ3) is 6.73. The average molecular weight is 429 g/mol. The Bertz CT molecular complexity index is 844. The molecule has 0 saturated carbocycles. The molecule has 1 aromatic carbocycles. The van der Waals surface area contributed by atoms with Crippen LogP contribution in [0.1, 0.15) is 42.1 Å². The number of amides is 2. The second-order valence-electron chi connectivity index (χ2n) is 7.27. The van der Waals surface area contributed by atoms with Gasteiger partial charge in [-0.3, -0.25) is 0 Å². The van der Waals surface area contributed by atoms with Crippen LogP contribution in [-0.4, -0.2) is 48.1 Å². The Morgan fingerprint density at radius 1 is 1.23 bits per heavy atom. The fourth-order valence-corrected chi connectivity index (χ4v) is 4.16. The van der Waals surface area contributed by atoms with Crippen LogP contribution >= 0.6 is 11.3 Å². The maximum Gasteiger partial charge on any atom is 0.321 e. The van der Waals surface area contributed by atoms with Crippen molar-refractivity contribution in [1.82, 2.24) is 20.5 Å². The Kier molecular flexibility index (Phi) is 8.50. The molecule has 2 amide bonds. The molecule has 0 radical (unpaired) electrons. The van der Waals surface area contributed by atoms with Crippen LogP contribution in [0.15, 0.2) is 35.5 Å². The normalized spacial score (nSPS) is 14.1. The molecule has 2 aromatic rings. The van der Waals surface area contributed by atoms with Gasteiger partial charge in [-0.2, -0.15) is 0 Å². The number of aliphatic imine (C=N–C) groups is 1. The van der Waals surface area contributed by atoms with Crippen LogP contribution in [-0.2, 0) is 19.4 Å². The quantitative estimate of drug-likeness (QED) is 0.443. The van der Waals surface area contributed by atoms with E-state index < -0.39 is 0 Å². The summed E-state index contributed by atoms with van der Waals surface area (Å²) in [6, 6.07) is 7.88. The molecular formula is C22H32N6OS. The Labute approximate surface area is 183 Å². The number of thiazole rings is 1. The van der Waals surface area contributed by atoms with E-state index >= 15 is 0 Å². The molecule has 162 valence electrons. The van der Waals surface area contributed by atoms with Crippen LogP contribution < -0.4 is 16.0 Å². The van der Waals surface area contributed by atoms with Crippen LogP contribution in [0.25, 0.3) is 0 Å². The molecule has 0 aliphatic carbocycles. The molecule has 0 spiro atoms. The maximum absolute atomic E-state index is 12.3. The lowest BCUT2D eigenvalue weighted by atomic mass is 10.2. The van der Waals surface area contributed by atoms with E-state index in [1.807, 2.05) is 35.4 Å². The Balaban J connectivity index is 1.52. The van der Waals surface area contributed by atoms with Crippen molar-refractivity contribution in [3.8, 4) is 0 Å². The fourth-order valence-electron chi connectivity index (χ4n) is 3.30. The van der Waals surface area contributed by atoms with E-state index in [9.17, 15) is 4.79 Å². The fraction of sp³-hybridized carbons (Fsp3) is 0.500. The minimum Gasteiger partial charge on any atom is -0.357 e. The number of guanidine groups is 1. The number of aryl methyl sites for hydroxylation is 1. The maximum atomic E-state index is 12.3. The molecule has 30 heavy (non-hydrogen) atoms. The Morgan fingerprint density at radius 2 is 2.07 bits per heavy atom. The van der Waals surface area contributed by atoms with Gasteiger partial charge in [-0.25, -0.2) is 14.8 Å². The third-order valence-corrected chi connectivity index (χ3v) is 6.12. The molecule has 8 heteroatoms. The first-order valence-corrected chi connectivity index (χ1v) is 11.6. The molecule has 0 unspecified atom stereocenters. The van der Waals surface area contributed by atoms with Crippen molar-refractivity contribution in [3.05, 3.63) is 45.9 Å². The van der Waals surface area contributed by atoms with E-state index in [0.717, 1.165) is 74.1 Å². The largest absolute Gasteiger partial charge is 0.357 e. The van der Waals surface area contributed by atoms with E-state index in [1.165, 1.54) is 4.88 Å². The number of carbonyl (C=O) groups excluding carboxylic acids is 1. The van der Waals surface area contributed by atoms with Crippen molar-refractivity contribution in [2.24, 2.45) is 4.99 Å². The highest BCUT2D eigenvalue weighted by molar-refractivity contribution is 7.11. The number of nitrogens with one attached hydrogen (secondary N) is 3. The first kappa shape index (κ1) is 22.1. The summed E-state index contributed by atoms with van der Waals surface area (Å²) in [6.07, 6.45) is 6.06. The van der Waals surface area contributed by atoms with Crippen LogP contribution in [0.4, 0.5) is 10.5 Å². The molecule has 1 fully saturated rings. The second-order valence-corrected chi connectivity index (χ2v) is 8.47. The highest BCUT2D eigenvalue weighted by atomic mass is 32.1. The molecular weight excluding hydrogens is 396 g/mol. The van der Waals surface area contributed by atoms with Gasteiger partial charge >= 0.3 is 6.03 Å². The van der Waals surface area contributed by atoms with Gasteiger partial charge in [-0.15, -0.1) is 11.3 Å². The molecule has 1 aliphatic rings. The van der Waals surface area contributed by atoms with Crippen molar-refractivity contribution in [2.75, 3.05) is 31.5 Å². The SMILES string of the molecule is CCNC(=NCc1cccc(NC(=O)N2CCCC2)c1)NCCc1ncc(CC)s1. The summed E-state index contributed by atoms with van der Waals surface area (Å²) in [7, 11) is 0. The van der Waals surface area contributed by atoms with E-state index in [0.29, 0.717) is 6.54 Å². The molecule has 7 nitrogen and oxygen atoms in total. The molecule has 1 aliphatic heterocycles. The minimum atomic E-state index is -0.0171. The summed E-state index contributed by atoms with van der Waals surface area (Å²) >= 11 is 1.77. The summed E-state index contributed by atoms with van der Waals surface area (Å²) in [4.78, 5) is 24.6. The van der Waals surface area contributed by atoms with Crippen molar-refractivity contribution < 1.29 is 4.79 Å². The lowest BCUT2D eigenvalue weighted by molar-refractivity contribution is 0.222. The number of likely N-dealkylation sites (tertiary alicyclic amines) is 1. The Hall–Kier alpha value is -2.61. The van der Waals surface area contributed by atoms with Crippen molar-refractivity contribution >= 4 is 29.0 Å². The van der Waals surface area contributed by atoms with E-state index in [2.05, 4.69) is 39.8 Å². The highest BCUT2D eigenvalue weighted by Gasteiger charge is 2.17. The van der Waals surface area contributed by atoms with Gasteiger partial charge in [-0.05, 0) is 43.9 Å². The van der Waals surface area contributed by atoms with Gasteiger partial charge in [0.15, 0.2) is 5.96 Å². The Morgan fingerprint density at radius 3 is 2.80 bits per heavy atom. The second kappa shape index (κ2) is 11.5. The monoisotopic (exact) mass is 428 g/mol. The molecule has 1 aromatic heterocycles.